The lowest BCUT2D eigenvalue weighted by atomic mass is 9.96. The van der Waals surface area contributed by atoms with E-state index < -0.39 is 0 Å². The fourth-order valence-corrected chi connectivity index (χ4v) is 2.68. The first-order chi connectivity index (χ1) is 9.20. The summed E-state index contributed by atoms with van der Waals surface area (Å²) in [5, 5.41) is 4.23. The van der Waals surface area contributed by atoms with Crippen LogP contribution in [0.25, 0.3) is 0 Å². The molecule has 1 aromatic rings. The van der Waals surface area contributed by atoms with Crippen molar-refractivity contribution in [3.8, 4) is 0 Å². The van der Waals surface area contributed by atoms with Gasteiger partial charge in [0.05, 0.1) is 6.04 Å². The molecule has 1 saturated heterocycles. The van der Waals surface area contributed by atoms with Crippen LogP contribution in [0, 0.1) is 5.92 Å². The van der Waals surface area contributed by atoms with E-state index in [2.05, 4.69) is 12.0 Å². The van der Waals surface area contributed by atoms with Crippen LogP contribution in [0.3, 0.4) is 0 Å². The molecule has 1 unspecified atom stereocenters. The van der Waals surface area contributed by atoms with E-state index in [1.165, 1.54) is 0 Å². The largest absolute Gasteiger partial charge is 0.341 e. The quantitative estimate of drug-likeness (QED) is 0.899. The number of halogens is 1. The molecule has 1 aliphatic rings. The summed E-state index contributed by atoms with van der Waals surface area (Å²) in [7, 11) is 0. The van der Waals surface area contributed by atoms with E-state index in [0.29, 0.717) is 5.92 Å². The fourth-order valence-electron chi connectivity index (χ4n) is 2.68. The lowest BCUT2D eigenvalue weighted by Crippen LogP contribution is -2.47. The Morgan fingerprint density at radius 1 is 1.45 bits per heavy atom. The highest BCUT2D eigenvalue weighted by Gasteiger charge is 2.25. The molecule has 0 saturated carbocycles. The first-order valence-corrected chi connectivity index (χ1v) is 7.22. The Labute approximate surface area is 126 Å². The predicted octanol–water partition coefficient (Wildman–Crippen LogP) is 1.67. The number of aromatic nitrogens is 2. The van der Waals surface area contributed by atoms with Crippen molar-refractivity contribution in [3.05, 3.63) is 18.5 Å². The molecule has 5 nitrogen and oxygen atoms in total. The third-order valence-corrected chi connectivity index (χ3v) is 3.85. The zero-order valence-corrected chi connectivity index (χ0v) is 12.9. The lowest BCUT2D eigenvalue weighted by Gasteiger charge is -2.33. The number of piperidine rings is 1. The highest BCUT2D eigenvalue weighted by Crippen LogP contribution is 2.19. The Morgan fingerprint density at radius 3 is 2.70 bits per heavy atom. The second kappa shape index (κ2) is 8.27. The topological polar surface area (TPSA) is 64.2 Å². The van der Waals surface area contributed by atoms with Crippen molar-refractivity contribution in [3.63, 3.8) is 0 Å². The van der Waals surface area contributed by atoms with Gasteiger partial charge in [-0.2, -0.15) is 5.10 Å². The van der Waals surface area contributed by atoms with Gasteiger partial charge in [-0.25, -0.2) is 0 Å². The molecular weight excluding hydrogens is 276 g/mol. The van der Waals surface area contributed by atoms with E-state index in [9.17, 15) is 4.79 Å². The minimum Gasteiger partial charge on any atom is -0.341 e. The summed E-state index contributed by atoms with van der Waals surface area (Å²) in [6.45, 7) is 4.68. The minimum atomic E-state index is -0.312. The van der Waals surface area contributed by atoms with Crippen molar-refractivity contribution < 1.29 is 4.79 Å². The summed E-state index contributed by atoms with van der Waals surface area (Å²) >= 11 is 0. The Morgan fingerprint density at radius 2 is 2.15 bits per heavy atom. The number of likely N-dealkylation sites (tertiary alicyclic amines) is 1. The smallest absolute Gasteiger partial charge is 0.239 e. The summed E-state index contributed by atoms with van der Waals surface area (Å²) in [5.41, 5.74) is 5.90. The molecule has 2 heterocycles. The van der Waals surface area contributed by atoms with Crippen molar-refractivity contribution >= 4 is 18.3 Å². The maximum atomic E-state index is 12.1. The molecule has 1 fully saturated rings. The second-order valence-electron chi connectivity index (χ2n) is 5.39. The van der Waals surface area contributed by atoms with E-state index >= 15 is 0 Å². The van der Waals surface area contributed by atoms with Crippen LogP contribution < -0.4 is 5.73 Å². The van der Waals surface area contributed by atoms with Gasteiger partial charge < -0.3 is 10.6 Å². The average molecular weight is 301 g/mol. The van der Waals surface area contributed by atoms with Crippen LogP contribution in [0.15, 0.2) is 18.5 Å². The van der Waals surface area contributed by atoms with Gasteiger partial charge in [0.2, 0.25) is 5.91 Å². The van der Waals surface area contributed by atoms with Crippen LogP contribution in [-0.2, 0) is 11.3 Å². The van der Waals surface area contributed by atoms with Crippen LogP contribution >= 0.6 is 12.4 Å². The molecule has 2 N–H and O–H groups in total. The molecule has 0 bridgehead atoms. The molecule has 1 aliphatic heterocycles. The van der Waals surface area contributed by atoms with Crippen LogP contribution in [0.5, 0.6) is 0 Å². The third kappa shape index (κ3) is 4.49. The van der Waals surface area contributed by atoms with Crippen molar-refractivity contribution in [2.24, 2.45) is 11.7 Å². The molecule has 0 aromatic carbocycles. The first-order valence-electron chi connectivity index (χ1n) is 7.22. The SMILES string of the molecule is CCCC(N)C(=O)N1CCC(Cn2cccn2)CC1.Cl. The summed E-state index contributed by atoms with van der Waals surface area (Å²) < 4.78 is 1.98. The van der Waals surface area contributed by atoms with Gasteiger partial charge in [-0.1, -0.05) is 13.3 Å². The molecule has 1 atom stereocenters. The zero-order chi connectivity index (χ0) is 13.7. The van der Waals surface area contributed by atoms with Gasteiger partial charge in [0.1, 0.15) is 0 Å². The Bertz CT molecular complexity index is 388. The van der Waals surface area contributed by atoms with E-state index in [0.717, 1.165) is 45.3 Å². The molecule has 20 heavy (non-hydrogen) atoms. The van der Waals surface area contributed by atoms with Crippen LogP contribution in [-0.4, -0.2) is 39.7 Å². The molecule has 2 rings (SSSR count). The van der Waals surface area contributed by atoms with Gasteiger partial charge in [0.25, 0.3) is 0 Å². The van der Waals surface area contributed by atoms with Crippen molar-refractivity contribution in [2.45, 2.75) is 45.2 Å². The molecule has 0 radical (unpaired) electrons. The third-order valence-electron chi connectivity index (χ3n) is 3.85. The van der Waals surface area contributed by atoms with Gasteiger partial charge >= 0.3 is 0 Å². The zero-order valence-electron chi connectivity index (χ0n) is 12.1. The van der Waals surface area contributed by atoms with E-state index in [1.54, 1.807) is 0 Å². The van der Waals surface area contributed by atoms with Crippen LogP contribution in [0.4, 0.5) is 0 Å². The number of amides is 1. The number of rotatable bonds is 5. The fraction of sp³-hybridized carbons (Fsp3) is 0.714. The number of carbonyl (C=O) groups excluding carboxylic acids is 1. The molecule has 0 aliphatic carbocycles. The molecule has 0 spiro atoms. The normalized spacial score (nSPS) is 17.6. The predicted molar refractivity (Wildman–Crippen MR) is 81.7 cm³/mol. The van der Waals surface area contributed by atoms with Crippen molar-refractivity contribution in [1.29, 1.82) is 0 Å². The molecule has 114 valence electrons. The van der Waals surface area contributed by atoms with Gasteiger partial charge in [-0.05, 0) is 31.2 Å². The molecule has 6 heteroatoms. The number of hydrogen-bond donors (Lipinski definition) is 1. The molecule has 1 aromatic heterocycles. The second-order valence-corrected chi connectivity index (χ2v) is 5.39. The summed E-state index contributed by atoms with van der Waals surface area (Å²) in [6.07, 6.45) is 7.64. The number of nitrogens with two attached hydrogens (primary N) is 1. The van der Waals surface area contributed by atoms with E-state index in [1.807, 2.05) is 28.0 Å². The maximum absolute atomic E-state index is 12.1. The molecular formula is C14H25ClN4O. The Kier molecular flexibility index (Phi) is 7.02. The maximum Gasteiger partial charge on any atom is 0.239 e. The highest BCUT2D eigenvalue weighted by atomic mass is 35.5. The molecule has 1 amide bonds. The number of nitrogens with zero attached hydrogens (tertiary/aromatic N) is 3. The lowest BCUT2D eigenvalue weighted by molar-refractivity contribution is -0.134. The van der Waals surface area contributed by atoms with Crippen LogP contribution in [0.2, 0.25) is 0 Å². The standard InChI is InChI=1S/C14H24N4O.ClH/c1-2-4-13(15)14(19)17-9-5-12(6-10-17)11-18-8-3-7-16-18;/h3,7-8,12-13H,2,4-6,9-11,15H2,1H3;1H. The summed E-state index contributed by atoms with van der Waals surface area (Å²) in [6, 6.07) is 1.63. The minimum absolute atomic E-state index is 0. The van der Waals surface area contributed by atoms with Gasteiger partial charge in [-0.15, -0.1) is 12.4 Å². The van der Waals surface area contributed by atoms with Crippen LogP contribution in [0.1, 0.15) is 32.6 Å². The Hall–Kier alpha value is -1.07. The van der Waals surface area contributed by atoms with Gasteiger partial charge in [0.15, 0.2) is 0 Å². The summed E-state index contributed by atoms with van der Waals surface area (Å²) in [5.74, 6) is 0.741. The monoisotopic (exact) mass is 300 g/mol. The van der Waals surface area contributed by atoms with Crippen molar-refractivity contribution in [1.82, 2.24) is 14.7 Å². The van der Waals surface area contributed by atoms with Crippen molar-refractivity contribution in [2.75, 3.05) is 13.1 Å². The number of hydrogen-bond acceptors (Lipinski definition) is 3. The Balaban J connectivity index is 0.00000200. The van der Waals surface area contributed by atoms with E-state index in [4.69, 9.17) is 5.73 Å². The van der Waals surface area contributed by atoms with Gasteiger partial charge in [0, 0.05) is 32.0 Å². The van der Waals surface area contributed by atoms with Gasteiger partial charge in [-0.3, -0.25) is 9.48 Å². The van der Waals surface area contributed by atoms with E-state index in [-0.39, 0.29) is 24.4 Å². The first kappa shape index (κ1) is 17.0. The number of carbonyl (C=O) groups is 1. The summed E-state index contributed by atoms with van der Waals surface area (Å²) in [4.78, 5) is 14.0. The highest BCUT2D eigenvalue weighted by molar-refractivity contribution is 5.85. The average Bonchev–Trinajstić information content (AvgIpc) is 2.92.